The van der Waals surface area contributed by atoms with Crippen molar-refractivity contribution in [1.29, 1.82) is 0 Å². The van der Waals surface area contributed by atoms with Crippen molar-refractivity contribution in [2.75, 3.05) is 25.5 Å². The Kier molecular flexibility index (Phi) is 3.28. The fraction of sp³-hybridized carbons (Fsp3) is 0.400. The molecular formula is C10H17N3. The molecule has 0 amide bonds. The quantitative estimate of drug-likeness (QED) is 0.718. The van der Waals surface area contributed by atoms with Crippen LogP contribution in [-0.4, -0.2) is 20.6 Å². The van der Waals surface area contributed by atoms with Crippen molar-refractivity contribution >= 4 is 5.69 Å². The first kappa shape index (κ1) is 10.0. The highest BCUT2D eigenvalue weighted by molar-refractivity contribution is 5.46. The van der Waals surface area contributed by atoms with Crippen molar-refractivity contribution in [3.8, 4) is 0 Å². The third kappa shape index (κ3) is 2.44. The van der Waals surface area contributed by atoms with E-state index >= 15 is 0 Å². The predicted molar refractivity (Wildman–Crippen MR) is 56.8 cm³/mol. The largest absolute Gasteiger partial charge is 0.378 e. The molecule has 0 aliphatic rings. The number of anilines is 1. The maximum atomic E-state index is 5.78. The maximum absolute atomic E-state index is 5.78. The summed E-state index contributed by atoms with van der Waals surface area (Å²) < 4.78 is 0. The van der Waals surface area contributed by atoms with Gasteiger partial charge in [-0.2, -0.15) is 0 Å². The van der Waals surface area contributed by atoms with Gasteiger partial charge in [0, 0.05) is 32.4 Å². The Bertz CT molecular complexity index is 253. The lowest BCUT2D eigenvalue weighted by Gasteiger charge is -2.14. The Morgan fingerprint density at radius 1 is 1.23 bits per heavy atom. The number of nitrogens with zero attached hydrogens (tertiary/aromatic N) is 1. The summed E-state index contributed by atoms with van der Waals surface area (Å²) in [4.78, 5) is 2.05. The minimum atomic E-state index is -0.0452. The van der Waals surface area contributed by atoms with Crippen molar-refractivity contribution in [3.05, 3.63) is 29.8 Å². The van der Waals surface area contributed by atoms with E-state index < -0.39 is 0 Å². The molecule has 1 atom stereocenters. The first-order valence-electron chi connectivity index (χ1n) is 4.38. The van der Waals surface area contributed by atoms with Crippen LogP contribution in [0.4, 0.5) is 5.69 Å². The molecule has 0 fully saturated rings. The van der Waals surface area contributed by atoms with Crippen LogP contribution >= 0.6 is 0 Å². The van der Waals surface area contributed by atoms with Crippen LogP contribution in [0.5, 0.6) is 0 Å². The number of rotatable bonds is 3. The van der Waals surface area contributed by atoms with Gasteiger partial charge >= 0.3 is 0 Å². The van der Waals surface area contributed by atoms with Gasteiger partial charge in [0.15, 0.2) is 0 Å². The van der Waals surface area contributed by atoms with E-state index in [0.29, 0.717) is 6.54 Å². The van der Waals surface area contributed by atoms with E-state index in [9.17, 15) is 0 Å². The molecule has 0 heterocycles. The molecule has 4 N–H and O–H groups in total. The monoisotopic (exact) mass is 179 g/mol. The fourth-order valence-electron chi connectivity index (χ4n) is 1.16. The van der Waals surface area contributed by atoms with Crippen molar-refractivity contribution in [1.82, 2.24) is 0 Å². The Balaban J connectivity index is 2.81. The molecule has 3 nitrogen and oxygen atoms in total. The van der Waals surface area contributed by atoms with Crippen molar-refractivity contribution in [2.24, 2.45) is 11.5 Å². The smallest absolute Gasteiger partial charge is 0.0419 e. The van der Waals surface area contributed by atoms with Gasteiger partial charge in [-0.15, -0.1) is 0 Å². The molecule has 0 aliphatic carbocycles. The summed E-state index contributed by atoms with van der Waals surface area (Å²) in [5.74, 6) is 0. The molecule has 1 rings (SSSR count). The molecule has 1 unspecified atom stereocenters. The molecule has 1 aromatic rings. The second-order valence-corrected chi connectivity index (χ2v) is 3.33. The molecule has 1 aromatic carbocycles. The summed E-state index contributed by atoms with van der Waals surface area (Å²) in [6.07, 6.45) is 0. The molecular weight excluding hydrogens is 162 g/mol. The van der Waals surface area contributed by atoms with Gasteiger partial charge in [-0.1, -0.05) is 12.1 Å². The van der Waals surface area contributed by atoms with Crippen LogP contribution in [0.25, 0.3) is 0 Å². The van der Waals surface area contributed by atoms with Crippen LogP contribution in [0, 0.1) is 0 Å². The summed E-state index contributed by atoms with van der Waals surface area (Å²) in [5, 5.41) is 0. The Labute approximate surface area is 79.3 Å². The summed E-state index contributed by atoms with van der Waals surface area (Å²) in [6, 6.07) is 8.09. The molecule has 13 heavy (non-hydrogen) atoms. The average molecular weight is 179 g/mol. The summed E-state index contributed by atoms with van der Waals surface area (Å²) in [7, 11) is 4.02. The van der Waals surface area contributed by atoms with Crippen LogP contribution in [-0.2, 0) is 0 Å². The van der Waals surface area contributed by atoms with E-state index in [1.165, 1.54) is 5.69 Å². The van der Waals surface area contributed by atoms with Gasteiger partial charge in [-0.25, -0.2) is 0 Å². The highest BCUT2D eigenvalue weighted by Crippen LogP contribution is 2.15. The zero-order valence-electron chi connectivity index (χ0n) is 8.20. The second-order valence-electron chi connectivity index (χ2n) is 3.33. The van der Waals surface area contributed by atoms with Gasteiger partial charge < -0.3 is 16.4 Å². The maximum Gasteiger partial charge on any atom is 0.0419 e. The standard InChI is InChI=1S/C10H17N3/c1-13(2)9-5-3-8(4-6-9)10(12)7-11/h3-6,10H,7,11-12H2,1-2H3. The second kappa shape index (κ2) is 4.25. The Morgan fingerprint density at radius 3 is 2.15 bits per heavy atom. The lowest BCUT2D eigenvalue weighted by atomic mass is 10.1. The molecule has 3 heteroatoms. The van der Waals surface area contributed by atoms with Gasteiger partial charge in [0.25, 0.3) is 0 Å². The number of hydrogen-bond donors (Lipinski definition) is 2. The summed E-state index contributed by atoms with van der Waals surface area (Å²) in [6.45, 7) is 0.487. The van der Waals surface area contributed by atoms with E-state index in [1.807, 2.05) is 38.4 Å². The molecule has 0 aliphatic heterocycles. The van der Waals surface area contributed by atoms with Crippen LogP contribution in [0.2, 0.25) is 0 Å². The van der Waals surface area contributed by atoms with Crippen LogP contribution in [0.15, 0.2) is 24.3 Å². The first-order valence-corrected chi connectivity index (χ1v) is 4.38. The average Bonchev–Trinajstić information content (AvgIpc) is 2.17. The Hall–Kier alpha value is -1.06. The van der Waals surface area contributed by atoms with Crippen molar-refractivity contribution in [3.63, 3.8) is 0 Å². The van der Waals surface area contributed by atoms with Gasteiger partial charge in [0.1, 0.15) is 0 Å². The highest BCUT2D eigenvalue weighted by Gasteiger charge is 2.02. The minimum absolute atomic E-state index is 0.0452. The van der Waals surface area contributed by atoms with Gasteiger partial charge in [-0.3, -0.25) is 0 Å². The molecule has 0 saturated heterocycles. The van der Waals surface area contributed by atoms with E-state index in [2.05, 4.69) is 4.90 Å². The van der Waals surface area contributed by atoms with E-state index in [-0.39, 0.29) is 6.04 Å². The predicted octanol–water partition coefficient (Wildman–Crippen LogP) is 0.711. The van der Waals surface area contributed by atoms with Crippen LogP contribution in [0.1, 0.15) is 11.6 Å². The minimum Gasteiger partial charge on any atom is -0.378 e. The lowest BCUT2D eigenvalue weighted by Crippen LogP contribution is -2.20. The summed E-state index contributed by atoms with van der Waals surface area (Å²) >= 11 is 0. The van der Waals surface area contributed by atoms with Crippen molar-refractivity contribution in [2.45, 2.75) is 6.04 Å². The number of nitrogens with two attached hydrogens (primary N) is 2. The normalized spacial score (nSPS) is 12.6. The first-order chi connectivity index (χ1) is 6.15. The van der Waals surface area contributed by atoms with Gasteiger partial charge in [-0.05, 0) is 17.7 Å². The zero-order chi connectivity index (χ0) is 9.84. The van der Waals surface area contributed by atoms with Crippen molar-refractivity contribution < 1.29 is 0 Å². The molecule has 0 radical (unpaired) electrons. The highest BCUT2D eigenvalue weighted by atomic mass is 15.1. The third-order valence-corrected chi connectivity index (χ3v) is 2.09. The SMILES string of the molecule is CN(C)c1ccc(C(N)CN)cc1. The van der Waals surface area contributed by atoms with E-state index in [0.717, 1.165) is 5.56 Å². The fourth-order valence-corrected chi connectivity index (χ4v) is 1.16. The third-order valence-electron chi connectivity index (χ3n) is 2.09. The lowest BCUT2D eigenvalue weighted by molar-refractivity contribution is 0.737. The van der Waals surface area contributed by atoms with Gasteiger partial charge in [0.2, 0.25) is 0 Å². The Morgan fingerprint density at radius 2 is 1.77 bits per heavy atom. The molecule has 0 spiro atoms. The van der Waals surface area contributed by atoms with E-state index in [4.69, 9.17) is 11.5 Å². The molecule has 0 saturated carbocycles. The topological polar surface area (TPSA) is 55.3 Å². The summed E-state index contributed by atoms with van der Waals surface area (Å²) in [5.41, 5.74) is 13.5. The van der Waals surface area contributed by atoms with E-state index in [1.54, 1.807) is 0 Å². The molecule has 0 bridgehead atoms. The molecule has 72 valence electrons. The zero-order valence-corrected chi connectivity index (χ0v) is 8.20. The number of benzene rings is 1. The van der Waals surface area contributed by atoms with Crippen LogP contribution in [0.3, 0.4) is 0 Å². The van der Waals surface area contributed by atoms with Gasteiger partial charge in [0.05, 0.1) is 0 Å². The molecule has 0 aromatic heterocycles. The van der Waals surface area contributed by atoms with Crippen LogP contribution < -0.4 is 16.4 Å². The number of hydrogen-bond acceptors (Lipinski definition) is 3.